The topological polar surface area (TPSA) is 64.7 Å². The molecule has 1 aliphatic rings. The minimum atomic E-state index is 0.288. The molecule has 0 atom stereocenters. The van der Waals surface area contributed by atoms with Gasteiger partial charge in [-0.05, 0) is 30.2 Å². The maximum atomic E-state index is 5.70. The SMILES string of the molecule is CSc1nc(N)nc(-c2cccc3c2CC3)n1. The number of nitrogens with zero attached hydrogens (tertiary/aromatic N) is 3. The molecule has 0 amide bonds. The molecular weight excluding hydrogens is 232 g/mol. The number of thioether (sulfide) groups is 1. The normalized spacial score (nSPS) is 13.0. The van der Waals surface area contributed by atoms with Crippen LogP contribution < -0.4 is 5.73 Å². The second-order valence-corrected chi connectivity index (χ2v) is 4.72. The average Bonchev–Trinajstić information content (AvgIpc) is 2.29. The third-order valence-corrected chi connectivity index (χ3v) is 3.52. The number of nitrogen functional groups attached to an aromatic ring is 1. The van der Waals surface area contributed by atoms with Crippen molar-refractivity contribution in [1.82, 2.24) is 15.0 Å². The molecule has 17 heavy (non-hydrogen) atoms. The summed E-state index contributed by atoms with van der Waals surface area (Å²) in [5.41, 5.74) is 9.55. The first-order chi connectivity index (χ1) is 8.28. The first-order valence-corrected chi connectivity index (χ1v) is 6.67. The van der Waals surface area contributed by atoms with Gasteiger partial charge in [-0.3, -0.25) is 0 Å². The Morgan fingerprint density at radius 2 is 2.06 bits per heavy atom. The summed E-state index contributed by atoms with van der Waals surface area (Å²) in [6.07, 6.45) is 4.19. The highest BCUT2D eigenvalue weighted by atomic mass is 32.2. The van der Waals surface area contributed by atoms with Crippen molar-refractivity contribution in [2.75, 3.05) is 12.0 Å². The Hall–Kier alpha value is -1.62. The number of aryl methyl sites for hydroxylation is 1. The van der Waals surface area contributed by atoms with E-state index >= 15 is 0 Å². The monoisotopic (exact) mass is 244 g/mol. The summed E-state index contributed by atoms with van der Waals surface area (Å²) >= 11 is 1.48. The van der Waals surface area contributed by atoms with Crippen molar-refractivity contribution < 1.29 is 0 Å². The smallest absolute Gasteiger partial charge is 0.224 e. The lowest BCUT2D eigenvalue weighted by molar-refractivity contribution is 0.834. The Bertz CT molecular complexity index is 583. The summed E-state index contributed by atoms with van der Waals surface area (Å²) in [4.78, 5) is 12.7. The van der Waals surface area contributed by atoms with Crippen LogP contribution in [-0.2, 0) is 12.8 Å². The summed E-state index contributed by atoms with van der Waals surface area (Å²) < 4.78 is 0. The molecule has 86 valence electrons. The lowest BCUT2D eigenvalue weighted by Crippen LogP contribution is -2.11. The summed E-state index contributed by atoms with van der Waals surface area (Å²) in [6.45, 7) is 0. The molecule has 0 saturated heterocycles. The number of hydrogen-bond donors (Lipinski definition) is 1. The van der Waals surface area contributed by atoms with Crippen molar-refractivity contribution >= 4 is 17.7 Å². The van der Waals surface area contributed by atoms with E-state index in [1.165, 1.54) is 22.9 Å². The molecule has 0 fully saturated rings. The maximum Gasteiger partial charge on any atom is 0.224 e. The predicted molar refractivity (Wildman–Crippen MR) is 68.9 cm³/mol. The van der Waals surface area contributed by atoms with E-state index in [9.17, 15) is 0 Å². The highest BCUT2D eigenvalue weighted by molar-refractivity contribution is 7.98. The molecule has 4 nitrogen and oxygen atoms in total. The second kappa shape index (κ2) is 4.00. The Kier molecular flexibility index (Phi) is 2.48. The molecule has 0 spiro atoms. The molecule has 0 unspecified atom stereocenters. The zero-order valence-electron chi connectivity index (χ0n) is 9.47. The largest absolute Gasteiger partial charge is 0.368 e. The number of hydrogen-bond acceptors (Lipinski definition) is 5. The molecule has 0 aliphatic heterocycles. The number of anilines is 1. The van der Waals surface area contributed by atoms with E-state index in [-0.39, 0.29) is 5.95 Å². The van der Waals surface area contributed by atoms with Crippen molar-refractivity contribution in [3.63, 3.8) is 0 Å². The number of rotatable bonds is 2. The van der Waals surface area contributed by atoms with Crippen LogP contribution in [0.3, 0.4) is 0 Å². The van der Waals surface area contributed by atoms with Gasteiger partial charge in [0.05, 0.1) is 0 Å². The van der Waals surface area contributed by atoms with Crippen molar-refractivity contribution in [1.29, 1.82) is 0 Å². The van der Waals surface area contributed by atoms with E-state index in [1.807, 2.05) is 12.3 Å². The van der Waals surface area contributed by atoms with Crippen LogP contribution in [0.1, 0.15) is 11.1 Å². The van der Waals surface area contributed by atoms with Crippen molar-refractivity contribution in [3.05, 3.63) is 29.3 Å². The van der Waals surface area contributed by atoms with Gasteiger partial charge in [-0.15, -0.1) is 0 Å². The quantitative estimate of drug-likeness (QED) is 0.818. The lowest BCUT2D eigenvalue weighted by Gasteiger charge is -2.21. The molecular formula is C12H12N4S. The van der Waals surface area contributed by atoms with Crippen molar-refractivity contribution in [3.8, 4) is 11.4 Å². The predicted octanol–water partition coefficient (Wildman–Crippen LogP) is 1.94. The molecule has 0 saturated carbocycles. The second-order valence-electron chi connectivity index (χ2n) is 3.95. The molecule has 0 bridgehead atoms. The number of benzene rings is 1. The molecule has 1 aromatic heterocycles. The van der Waals surface area contributed by atoms with E-state index in [0.29, 0.717) is 11.0 Å². The third kappa shape index (κ3) is 1.76. The Morgan fingerprint density at radius 3 is 2.76 bits per heavy atom. The first kappa shape index (κ1) is 10.5. The standard InChI is InChI=1S/C12H12N4S/c1-17-12-15-10(14-11(13)16-12)9-4-2-3-7-5-6-8(7)9/h2-4H,5-6H2,1H3,(H2,13,14,15,16). The van der Waals surface area contributed by atoms with Gasteiger partial charge in [0.25, 0.3) is 0 Å². The molecule has 1 heterocycles. The van der Waals surface area contributed by atoms with E-state index in [0.717, 1.165) is 18.4 Å². The van der Waals surface area contributed by atoms with Gasteiger partial charge in [0.1, 0.15) is 0 Å². The minimum absolute atomic E-state index is 0.288. The van der Waals surface area contributed by atoms with Crippen LogP contribution in [0.15, 0.2) is 23.4 Å². The number of fused-ring (bicyclic) bond motifs is 1. The minimum Gasteiger partial charge on any atom is -0.368 e. The molecule has 1 aromatic carbocycles. The molecule has 3 rings (SSSR count). The number of aromatic nitrogens is 3. The van der Waals surface area contributed by atoms with Gasteiger partial charge in [-0.2, -0.15) is 9.97 Å². The third-order valence-electron chi connectivity index (χ3n) is 2.97. The van der Waals surface area contributed by atoms with Gasteiger partial charge in [0, 0.05) is 5.56 Å². The van der Waals surface area contributed by atoms with Crippen LogP contribution in [0.25, 0.3) is 11.4 Å². The molecule has 0 radical (unpaired) electrons. The highest BCUT2D eigenvalue weighted by Crippen LogP contribution is 2.32. The van der Waals surface area contributed by atoms with Crippen LogP contribution >= 0.6 is 11.8 Å². The van der Waals surface area contributed by atoms with Gasteiger partial charge in [-0.1, -0.05) is 30.0 Å². The van der Waals surface area contributed by atoms with Gasteiger partial charge in [0.2, 0.25) is 5.95 Å². The van der Waals surface area contributed by atoms with Crippen molar-refractivity contribution in [2.24, 2.45) is 0 Å². The van der Waals surface area contributed by atoms with Gasteiger partial charge >= 0.3 is 0 Å². The van der Waals surface area contributed by atoms with E-state index in [4.69, 9.17) is 5.73 Å². The van der Waals surface area contributed by atoms with Crippen LogP contribution in [0.4, 0.5) is 5.95 Å². The summed E-state index contributed by atoms with van der Waals surface area (Å²) in [5, 5.41) is 0.671. The van der Waals surface area contributed by atoms with Crippen molar-refractivity contribution in [2.45, 2.75) is 18.0 Å². The van der Waals surface area contributed by atoms with Crippen LogP contribution in [-0.4, -0.2) is 21.2 Å². The van der Waals surface area contributed by atoms with E-state index in [1.54, 1.807) is 0 Å². The summed E-state index contributed by atoms with van der Waals surface area (Å²) in [7, 11) is 0. The molecule has 1 aliphatic carbocycles. The zero-order valence-corrected chi connectivity index (χ0v) is 10.3. The van der Waals surface area contributed by atoms with Crippen LogP contribution in [0.5, 0.6) is 0 Å². The van der Waals surface area contributed by atoms with E-state index < -0.39 is 0 Å². The van der Waals surface area contributed by atoms with Crippen LogP contribution in [0.2, 0.25) is 0 Å². The Morgan fingerprint density at radius 1 is 1.18 bits per heavy atom. The molecule has 2 aromatic rings. The zero-order chi connectivity index (χ0) is 11.8. The average molecular weight is 244 g/mol. The lowest BCUT2D eigenvalue weighted by atomic mass is 9.84. The highest BCUT2D eigenvalue weighted by Gasteiger charge is 2.19. The fraction of sp³-hybridized carbons (Fsp3) is 0.250. The van der Waals surface area contributed by atoms with E-state index in [2.05, 4.69) is 27.1 Å². The van der Waals surface area contributed by atoms with Crippen LogP contribution in [0, 0.1) is 0 Å². The summed E-state index contributed by atoms with van der Waals surface area (Å²) in [6, 6.07) is 6.26. The summed E-state index contributed by atoms with van der Waals surface area (Å²) in [5.74, 6) is 0.981. The maximum absolute atomic E-state index is 5.70. The first-order valence-electron chi connectivity index (χ1n) is 5.44. The Balaban J connectivity index is 2.15. The fourth-order valence-corrected chi connectivity index (χ4v) is 2.40. The van der Waals surface area contributed by atoms with Gasteiger partial charge in [0.15, 0.2) is 11.0 Å². The number of nitrogens with two attached hydrogens (primary N) is 1. The fourth-order valence-electron chi connectivity index (χ4n) is 2.04. The van der Waals surface area contributed by atoms with Gasteiger partial charge < -0.3 is 5.73 Å². The molecule has 5 heteroatoms. The molecule has 2 N–H and O–H groups in total. The van der Waals surface area contributed by atoms with Gasteiger partial charge in [-0.25, -0.2) is 4.98 Å². The Labute approximate surface area is 104 Å².